The molecule has 0 amide bonds. The molecule has 0 aliphatic carbocycles. The number of halogens is 3. The third-order valence-corrected chi connectivity index (χ3v) is 6.37. The molecule has 198 valence electrons. The summed E-state index contributed by atoms with van der Waals surface area (Å²) >= 11 is 0. The van der Waals surface area contributed by atoms with Crippen molar-refractivity contribution in [3.63, 3.8) is 0 Å². The van der Waals surface area contributed by atoms with Gasteiger partial charge in [0.05, 0.1) is 23.5 Å². The van der Waals surface area contributed by atoms with Crippen LogP contribution in [0, 0.1) is 0 Å². The largest absolute Gasteiger partial charge is 0.490 e. The third kappa shape index (κ3) is 6.13. The van der Waals surface area contributed by atoms with Crippen LogP contribution in [0.5, 0.6) is 5.75 Å². The predicted molar refractivity (Wildman–Crippen MR) is 133 cm³/mol. The van der Waals surface area contributed by atoms with Crippen molar-refractivity contribution in [1.82, 2.24) is 14.7 Å². The summed E-state index contributed by atoms with van der Waals surface area (Å²) in [6.07, 6.45) is -3.36. The fourth-order valence-corrected chi connectivity index (χ4v) is 4.46. The Bertz CT molecular complexity index is 1370. The number of carbonyl (C=O) groups is 1. The Balaban J connectivity index is 1.59. The molecule has 1 atom stereocenters. The molecule has 0 spiro atoms. The van der Waals surface area contributed by atoms with Crippen molar-refractivity contribution in [3.8, 4) is 5.75 Å². The Labute approximate surface area is 210 Å². The maximum Gasteiger partial charge on any atom is 0.416 e. The monoisotopic (exact) mass is 519 g/mol. The number of aryl methyl sites for hydroxylation is 1. The zero-order valence-electron chi connectivity index (χ0n) is 20.4. The second-order valence-electron chi connectivity index (χ2n) is 9.22. The fraction of sp³-hybridized carbons (Fsp3) is 0.400. The summed E-state index contributed by atoms with van der Waals surface area (Å²) in [5.41, 5.74) is 4.85. The standard InChI is InChI=1S/C25H28F3N5O4/c1-14(15-9-16(25(26,27)28)11-17(29)10-15)30-23-21-12-19(3-4-20(21)24(36)32(2)31-23)37-18-5-7-33(8-6-18)13-22(34)35/h3-4,9-12,14,18H,5-8,13,29H2,1-2H3,(H,30,31)(H,34,35). The van der Waals surface area contributed by atoms with Gasteiger partial charge in [-0.15, -0.1) is 0 Å². The Morgan fingerprint density at radius 2 is 1.92 bits per heavy atom. The summed E-state index contributed by atoms with van der Waals surface area (Å²) in [6.45, 7) is 2.86. The Kier molecular flexibility index (Phi) is 7.30. The predicted octanol–water partition coefficient (Wildman–Crippen LogP) is 3.64. The summed E-state index contributed by atoms with van der Waals surface area (Å²) in [6, 6.07) is 7.77. The van der Waals surface area contributed by atoms with Crippen LogP contribution in [0.2, 0.25) is 0 Å². The molecule has 1 saturated heterocycles. The Hall–Kier alpha value is -3.80. The molecule has 1 fully saturated rings. The van der Waals surface area contributed by atoms with Crippen molar-refractivity contribution in [1.29, 1.82) is 0 Å². The van der Waals surface area contributed by atoms with Gasteiger partial charge in [0, 0.05) is 31.2 Å². The SMILES string of the molecule is CC(Nc1nn(C)c(=O)c2ccc(OC3CCN(CC(=O)O)CC3)cc12)c1cc(N)cc(C(F)(F)F)c1. The van der Waals surface area contributed by atoms with Crippen LogP contribution < -0.4 is 21.3 Å². The van der Waals surface area contributed by atoms with Gasteiger partial charge in [-0.1, -0.05) is 0 Å². The molecule has 4 N–H and O–H groups in total. The van der Waals surface area contributed by atoms with E-state index in [1.165, 1.54) is 13.1 Å². The lowest BCUT2D eigenvalue weighted by molar-refractivity contribution is -0.139. The van der Waals surface area contributed by atoms with Gasteiger partial charge in [0.15, 0.2) is 5.82 Å². The minimum Gasteiger partial charge on any atom is -0.490 e. The van der Waals surface area contributed by atoms with E-state index >= 15 is 0 Å². The van der Waals surface area contributed by atoms with Crippen LogP contribution in [-0.4, -0.2) is 51.5 Å². The van der Waals surface area contributed by atoms with E-state index in [1.807, 2.05) is 4.90 Å². The molecule has 2 heterocycles. The molecule has 4 rings (SSSR count). The number of fused-ring (bicyclic) bond motifs is 1. The zero-order valence-corrected chi connectivity index (χ0v) is 20.4. The van der Waals surface area contributed by atoms with E-state index in [9.17, 15) is 22.8 Å². The summed E-state index contributed by atoms with van der Waals surface area (Å²) in [7, 11) is 1.50. The van der Waals surface area contributed by atoms with E-state index in [2.05, 4.69) is 10.4 Å². The van der Waals surface area contributed by atoms with Crippen LogP contribution in [0.15, 0.2) is 41.2 Å². The number of likely N-dealkylation sites (tertiary alicyclic amines) is 1. The van der Waals surface area contributed by atoms with Crippen LogP contribution in [0.3, 0.4) is 0 Å². The molecule has 0 bridgehead atoms. The third-order valence-electron chi connectivity index (χ3n) is 6.37. The van der Waals surface area contributed by atoms with Crippen LogP contribution in [0.1, 0.15) is 36.9 Å². The molecular formula is C25H28F3N5O4. The van der Waals surface area contributed by atoms with Gasteiger partial charge in [-0.2, -0.15) is 18.3 Å². The number of rotatable bonds is 7. The number of nitrogen functional groups attached to an aromatic ring is 1. The molecule has 1 aliphatic heterocycles. The molecule has 37 heavy (non-hydrogen) atoms. The summed E-state index contributed by atoms with van der Waals surface area (Å²) in [5.74, 6) is -0.0504. The number of aliphatic carboxylic acids is 1. The van der Waals surface area contributed by atoms with Crippen molar-refractivity contribution in [3.05, 3.63) is 57.9 Å². The molecule has 3 aromatic rings. The Morgan fingerprint density at radius 1 is 1.22 bits per heavy atom. The lowest BCUT2D eigenvalue weighted by Gasteiger charge is -2.31. The van der Waals surface area contributed by atoms with Crippen molar-refractivity contribution in [2.45, 2.75) is 38.1 Å². The topological polar surface area (TPSA) is 123 Å². The van der Waals surface area contributed by atoms with Crippen LogP contribution in [0.4, 0.5) is 24.7 Å². The highest BCUT2D eigenvalue weighted by Gasteiger charge is 2.31. The van der Waals surface area contributed by atoms with Crippen LogP contribution >= 0.6 is 0 Å². The molecule has 0 radical (unpaired) electrons. The van der Waals surface area contributed by atoms with Gasteiger partial charge >= 0.3 is 12.1 Å². The molecule has 2 aromatic carbocycles. The smallest absolute Gasteiger partial charge is 0.416 e. The number of ether oxygens (including phenoxy) is 1. The molecule has 1 aromatic heterocycles. The van der Waals surface area contributed by atoms with Crippen LogP contribution in [0.25, 0.3) is 10.8 Å². The fourth-order valence-electron chi connectivity index (χ4n) is 4.46. The molecule has 1 aliphatic rings. The Morgan fingerprint density at radius 3 is 2.57 bits per heavy atom. The average molecular weight is 520 g/mol. The van der Waals surface area contributed by atoms with E-state index in [0.29, 0.717) is 53.8 Å². The maximum atomic E-state index is 13.3. The molecular weight excluding hydrogens is 491 g/mol. The number of benzene rings is 2. The first-order valence-electron chi connectivity index (χ1n) is 11.8. The number of carboxylic acid groups (broad SMARTS) is 1. The average Bonchev–Trinajstić information content (AvgIpc) is 2.82. The normalized spacial score (nSPS) is 16.0. The minimum atomic E-state index is -4.54. The first-order valence-corrected chi connectivity index (χ1v) is 11.8. The van der Waals surface area contributed by atoms with Crippen molar-refractivity contribution in [2.24, 2.45) is 7.05 Å². The van der Waals surface area contributed by atoms with Crippen LogP contribution in [-0.2, 0) is 18.0 Å². The van der Waals surface area contributed by atoms with Gasteiger partial charge in [-0.25, -0.2) is 4.68 Å². The zero-order chi connectivity index (χ0) is 26.9. The number of hydrogen-bond acceptors (Lipinski definition) is 7. The second kappa shape index (κ2) is 10.3. The number of nitrogens with two attached hydrogens (primary N) is 1. The number of nitrogens with one attached hydrogen (secondary N) is 1. The molecule has 9 nitrogen and oxygen atoms in total. The molecule has 0 saturated carbocycles. The van der Waals surface area contributed by atoms with Gasteiger partial charge in [-0.3, -0.25) is 14.5 Å². The molecule has 12 heteroatoms. The number of piperidine rings is 1. The van der Waals surface area contributed by atoms with Crippen molar-refractivity contribution >= 4 is 28.2 Å². The van der Waals surface area contributed by atoms with E-state index < -0.39 is 23.8 Å². The van der Waals surface area contributed by atoms with Gasteiger partial charge in [0.1, 0.15) is 11.9 Å². The number of nitrogens with zero attached hydrogens (tertiary/aromatic N) is 3. The number of carboxylic acids is 1. The van der Waals surface area contributed by atoms with E-state index in [1.54, 1.807) is 25.1 Å². The maximum absolute atomic E-state index is 13.3. The number of aromatic nitrogens is 2. The van der Waals surface area contributed by atoms with Crippen molar-refractivity contribution < 1.29 is 27.8 Å². The van der Waals surface area contributed by atoms with Gasteiger partial charge in [0.2, 0.25) is 0 Å². The first-order chi connectivity index (χ1) is 17.4. The van der Waals surface area contributed by atoms with Gasteiger partial charge in [0.25, 0.3) is 5.56 Å². The summed E-state index contributed by atoms with van der Waals surface area (Å²) < 4.78 is 47.1. The summed E-state index contributed by atoms with van der Waals surface area (Å²) in [5, 5.41) is 17.2. The van der Waals surface area contributed by atoms with Gasteiger partial charge in [-0.05, 0) is 61.7 Å². The number of alkyl halides is 3. The first kappa shape index (κ1) is 26.3. The summed E-state index contributed by atoms with van der Waals surface area (Å²) in [4.78, 5) is 25.5. The van der Waals surface area contributed by atoms with E-state index in [-0.39, 0.29) is 23.9 Å². The minimum absolute atomic E-state index is 0.0115. The number of hydrogen-bond donors (Lipinski definition) is 3. The highest BCUT2D eigenvalue weighted by atomic mass is 19.4. The van der Waals surface area contributed by atoms with E-state index in [4.69, 9.17) is 15.6 Å². The van der Waals surface area contributed by atoms with Gasteiger partial charge < -0.3 is 20.9 Å². The molecule has 1 unspecified atom stereocenters. The lowest BCUT2D eigenvalue weighted by atomic mass is 10.0. The lowest BCUT2D eigenvalue weighted by Crippen LogP contribution is -2.40. The van der Waals surface area contributed by atoms with Crippen molar-refractivity contribution in [2.75, 3.05) is 30.7 Å². The quantitative estimate of drug-likeness (QED) is 0.405. The second-order valence-corrected chi connectivity index (χ2v) is 9.22. The highest BCUT2D eigenvalue weighted by Crippen LogP contribution is 2.34. The van der Waals surface area contributed by atoms with E-state index in [0.717, 1.165) is 16.8 Å². The highest BCUT2D eigenvalue weighted by molar-refractivity contribution is 5.92. The number of anilines is 2.